The van der Waals surface area contributed by atoms with Crippen LogP contribution in [0.1, 0.15) is 27.2 Å². The molecule has 1 amide bonds. The van der Waals surface area contributed by atoms with Crippen molar-refractivity contribution in [2.75, 3.05) is 11.9 Å². The van der Waals surface area contributed by atoms with E-state index in [0.29, 0.717) is 12.5 Å². The Labute approximate surface area is 123 Å². The van der Waals surface area contributed by atoms with Gasteiger partial charge in [0.15, 0.2) is 0 Å². The monoisotopic (exact) mass is 291 g/mol. The van der Waals surface area contributed by atoms with Crippen LogP contribution in [-0.4, -0.2) is 18.6 Å². The molecular formula is C16H21NO2S. The minimum absolute atomic E-state index is 0.0941. The zero-order valence-electron chi connectivity index (χ0n) is 12.2. The summed E-state index contributed by atoms with van der Waals surface area (Å²) in [6, 6.07) is 8.00. The Morgan fingerprint density at radius 2 is 2.10 bits per heavy atom. The maximum atomic E-state index is 12.0. The van der Waals surface area contributed by atoms with Gasteiger partial charge in [-0.2, -0.15) is 0 Å². The summed E-state index contributed by atoms with van der Waals surface area (Å²) in [6.45, 7) is 6.70. The van der Waals surface area contributed by atoms with E-state index in [4.69, 9.17) is 4.74 Å². The first-order valence-corrected chi connectivity index (χ1v) is 7.84. The molecule has 0 aliphatic heterocycles. The van der Waals surface area contributed by atoms with Crippen molar-refractivity contribution >= 4 is 33.0 Å². The number of nitrogens with one attached hydrogen (secondary N) is 1. The van der Waals surface area contributed by atoms with Crippen molar-refractivity contribution in [3.63, 3.8) is 0 Å². The van der Waals surface area contributed by atoms with Crippen LogP contribution >= 0.6 is 11.3 Å². The highest BCUT2D eigenvalue weighted by Crippen LogP contribution is 2.24. The van der Waals surface area contributed by atoms with Gasteiger partial charge in [-0.15, -0.1) is 11.3 Å². The molecule has 20 heavy (non-hydrogen) atoms. The van der Waals surface area contributed by atoms with Gasteiger partial charge in [-0.25, -0.2) is 0 Å². The van der Waals surface area contributed by atoms with Gasteiger partial charge in [0, 0.05) is 17.0 Å². The smallest absolute Gasteiger partial charge is 0.253 e. The van der Waals surface area contributed by atoms with Crippen LogP contribution in [0.5, 0.6) is 0 Å². The van der Waals surface area contributed by atoms with Crippen molar-refractivity contribution in [2.24, 2.45) is 5.92 Å². The number of thiophene rings is 1. The molecule has 1 aromatic heterocycles. The van der Waals surface area contributed by atoms with E-state index in [9.17, 15) is 4.79 Å². The van der Waals surface area contributed by atoms with E-state index in [1.54, 1.807) is 18.3 Å². The van der Waals surface area contributed by atoms with Crippen LogP contribution in [0, 0.1) is 5.92 Å². The highest BCUT2D eigenvalue weighted by atomic mass is 32.1. The number of ether oxygens (including phenoxy) is 1. The average molecular weight is 291 g/mol. The molecule has 1 aromatic carbocycles. The molecule has 0 bridgehead atoms. The summed E-state index contributed by atoms with van der Waals surface area (Å²) in [4.78, 5) is 12.0. The minimum Gasteiger partial charge on any atom is -0.369 e. The molecule has 0 saturated heterocycles. The number of hydrogen-bond donors (Lipinski definition) is 1. The van der Waals surface area contributed by atoms with E-state index in [1.807, 2.05) is 23.6 Å². The first-order valence-electron chi connectivity index (χ1n) is 6.96. The molecule has 108 valence electrons. The van der Waals surface area contributed by atoms with Crippen molar-refractivity contribution in [3.8, 4) is 0 Å². The summed E-state index contributed by atoms with van der Waals surface area (Å²) in [5.41, 5.74) is 0.820. The Kier molecular flexibility index (Phi) is 5.15. The zero-order chi connectivity index (χ0) is 14.5. The molecule has 1 atom stereocenters. The van der Waals surface area contributed by atoms with E-state index in [-0.39, 0.29) is 5.91 Å². The lowest BCUT2D eigenvalue weighted by atomic mass is 10.1. The highest BCUT2D eigenvalue weighted by molar-refractivity contribution is 7.17. The fourth-order valence-corrected chi connectivity index (χ4v) is 2.62. The van der Waals surface area contributed by atoms with E-state index in [2.05, 4.69) is 25.2 Å². The second-order valence-corrected chi connectivity index (χ2v) is 6.31. The molecule has 1 unspecified atom stereocenters. The average Bonchev–Trinajstić information content (AvgIpc) is 2.85. The first-order chi connectivity index (χ1) is 9.56. The number of carbonyl (C=O) groups is 1. The van der Waals surface area contributed by atoms with Crippen molar-refractivity contribution in [1.29, 1.82) is 0 Å². The van der Waals surface area contributed by atoms with E-state index < -0.39 is 6.10 Å². The van der Waals surface area contributed by atoms with Crippen LogP contribution in [0.4, 0.5) is 5.69 Å². The lowest BCUT2D eigenvalue weighted by molar-refractivity contribution is -0.126. The second kappa shape index (κ2) is 6.86. The standard InChI is InChI=1S/C16H21NO2S/c1-11(2)6-8-19-12(3)16(18)17-14-4-5-15-13(10-14)7-9-20-15/h4-5,7,9-12H,6,8H2,1-3H3,(H,17,18). The Balaban J connectivity index is 1.89. The van der Waals surface area contributed by atoms with Gasteiger partial charge in [0.25, 0.3) is 5.91 Å². The Hall–Kier alpha value is -1.39. The van der Waals surface area contributed by atoms with Crippen molar-refractivity contribution < 1.29 is 9.53 Å². The van der Waals surface area contributed by atoms with Gasteiger partial charge in [-0.1, -0.05) is 13.8 Å². The predicted molar refractivity (Wildman–Crippen MR) is 85.3 cm³/mol. The van der Waals surface area contributed by atoms with E-state index in [1.165, 1.54) is 4.70 Å². The van der Waals surface area contributed by atoms with Crippen LogP contribution in [-0.2, 0) is 9.53 Å². The fraction of sp³-hybridized carbons (Fsp3) is 0.438. The normalized spacial score (nSPS) is 12.8. The molecule has 0 fully saturated rings. The third kappa shape index (κ3) is 4.05. The first kappa shape index (κ1) is 15.0. The summed E-state index contributed by atoms with van der Waals surface area (Å²) in [7, 11) is 0. The number of carbonyl (C=O) groups excluding carboxylic acids is 1. The number of anilines is 1. The third-order valence-corrected chi connectivity index (χ3v) is 4.05. The Morgan fingerprint density at radius 1 is 1.30 bits per heavy atom. The quantitative estimate of drug-likeness (QED) is 0.862. The molecule has 2 aromatic rings. The third-order valence-electron chi connectivity index (χ3n) is 3.15. The van der Waals surface area contributed by atoms with Gasteiger partial charge >= 0.3 is 0 Å². The molecule has 2 rings (SSSR count). The number of fused-ring (bicyclic) bond motifs is 1. The Morgan fingerprint density at radius 3 is 2.85 bits per heavy atom. The number of rotatable bonds is 6. The van der Waals surface area contributed by atoms with Gasteiger partial charge in [-0.05, 0) is 54.3 Å². The number of benzene rings is 1. The predicted octanol–water partition coefficient (Wildman–Crippen LogP) is 4.29. The summed E-state index contributed by atoms with van der Waals surface area (Å²) in [5, 5.41) is 6.11. The largest absolute Gasteiger partial charge is 0.369 e. The maximum absolute atomic E-state index is 12.0. The summed E-state index contributed by atoms with van der Waals surface area (Å²) in [5.74, 6) is 0.495. The van der Waals surface area contributed by atoms with Gasteiger partial charge in [0.2, 0.25) is 0 Å². The molecule has 1 heterocycles. The summed E-state index contributed by atoms with van der Waals surface area (Å²) >= 11 is 1.70. The number of amides is 1. The maximum Gasteiger partial charge on any atom is 0.253 e. The highest BCUT2D eigenvalue weighted by Gasteiger charge is 2.13. The van der Waals surface area contributed by atoms with Crippen LogP contribution in [0.3, 0.4) is 0 Å². The number of hydrogen-bond acceptors (Lipinski definition) is 3. The molecule has 0 aliphatic rings. The van der Waals surface area contributed by atoms with Crippen LogP contribution in [0.15, 0.2) is 29.6 Å². The lowest BCUT2D eigenvalue weighted by Crippen LogP contribution is -2.28. The second-order valence-electron chi connectivity index (χ2n) is 5.36. The van der Waals surface area contributed by atoms with Gasteiger partial charge < -0.3 is 10.1 Å². The van der Waals surface area contributed by atoms with Crippen LogP contribution in [0.2, 0.25) is 0 Å². The zero-order valence-corrected chi connectivity index (χ0v) is 13.0. The SMILES string of the molecule is CC(C)CCOC(C)C(=O)Nc1ccc2sccc2c1. The molecule has 0 spiro atoms. The van der Waals surface area contributed by atoms with Gasteiger partial charge in [0.1, 0.15) is 6.10 Å². The Bertz CT molecular complexity index is 577. The van der Waals surface area contributed by atoms with Crippen LogP contribution < -0.4 is 5.32 Å². The summed E-state index contributed by atoms with van der Waals surface area (Å²) < 4.78 is 6.78. The van der Waals surface area contributed by atoms with Crippen LogP contribution in [0.25, 0.3) is 10.1 Å². The van der Waals surface area contributed by atoms with Crippen molar-refractivity contribution in [1.82, 2.24) is 0 Å². The van der Waals surface area contributed by atoms with Gasteiger partial charge in [0.05, 0.1) is 0 Å². The molecule has 0 radical (unpaired) electrons. The van der Waals surface area contributed by atoms with Crippen molar-refractivity contribution in [3.05, 3.63) is 29.6 Å². The minimum atomic E-state index is -0.424. The van der Waals surface area contributed by atoms with E-state index in [0.717, 1.165) is 17.5 Å². The molecule has 1 N–H and O–H groups in total. The molecule has 0 saturated carbocycles. The molecule has 0 aliphatic carbocycles. The molecular weight excluding hydrogens is 270 g/mol. The summed E-state index contributed by atoms with van der Waals surface area (Å²) in [6.07, 6.45) is 0.547. The molecule has 4 heteroatoms. The van der Waals surface area contributed by atoms with Crippen molar-refractivity contribution in [2.45, 2.75) is 33.3 Å². The lowest BCUT2D eigenvalue weighted by Gasteiger charge is -2.14. The fourth-order valence-electron chi connectivity index (χ4n) is 1.84. The molecule has 3 nitrogen and oxygen atoms in total. The van der Waals surface area contributed by atoms with Gasteiger partial charge in [-0.3, -0.25) is 4.79 Å². The van der Waals surface area contributed by atoms with E-state index >= 15 is 0 Å². The topological polar surface area (TPSA) is 38.3 Å².